The Kier molecular flexibility index (Phi) is 3.88. The van der Waals surface area contributed by atoms with Crippen LogP contribution in [0.25, 0.3) is 21.9 Å². The minimum absolute atomic E-state index is 0.758. The zero-order valence-corrected chi connectivity index (χ0v) is 12.9. The van der Waals surface area contributed by atoms with E-state index in [9.17, 15) is 0 Å². The SMILES string of the molecule is COc1cccc(OC)c1-c1c(OC)ccc2ccccc12. The predicted molar refractivity (Wildman–Crippen MR) is 89.0 cm³/mol. The molecular weight excluding hydrogens is 276 g/mol. The second kappa shape index (κ2) is 5.98. The molecule has 22 heavy (non-hydrogen) atoms. The van der Waals surface area contributed by atoms with Crippen LogP contribution >= 0.6 is 0 Å². The van der Waals surface area contributed by atoms with Gasteiger partial charge in [0, 0.05) is 5.56 Å². The summed E-state index contributed by atoms with van der Waals surface area (Å²) in [5.41, 5.74) is 1.89. The van der Waals surface area contributed by atoms with Crippen LogP contribution in [0.4, 0.5) is 0 Å². The summed E-state index contributed by atoms with van der Waals surface area (Å²) in [6.07, 6.45) is 0. The Morgan fingerprint density at radius 1 is 0.545 bits per heavy atom. The predicted octanol–water partition coefficient (Wildman–Crippen LogP) is 4.53. The third-order valence-electron chi connectivity index (χ3n) is 3.79. The van der Waals surface area contributed by atoms with Gasteiger partial charge in [0.25, 0.3) is 0 Å². The highest BCUT2D eigenvalue weighted by molar-refractivity contribution is 6.02. The molecule has 0 radical (unpaired) electrons. The molecule has 0 unspecified atom stereocenters. The van der Waals surface area contributed by atoms with Crippen LogP contribution in [0.1, 0.15) is 0 Å². The molecule has 0 amide bonds. The molecule has 0 saturated heterocycles. The van der Waals surface area contributed by atoms with Crippen LogP contribution in [-0.2, 0) is 0 Å². The van der Waals surface area contributed by atoms with Crippen molar-refractivity contribution < 1.29 is 14.2 Å². The van der Waals surface area contributed by atoms with Gasteiger partial charge in [-0.25, -0.2) is 0 Å². The van der Waals surface area contributed by atoms with E-state index in [-0.39, 0.29) is 0 Å². The van der Waals surface area contributed by atoms with Gasteiger partial charge in [-0.1, -0.05) is 36.4 Å². The topological polar surface area (TPSA) is 27.7 Å². The monoisotopic (exact) mass is 294 g/mol. The molecule has 0 N–H and O–H groups in total. The lowest BCUT2D eigenvalue weighted by molar-refractivity contribution is 0.394. The van der Waals surface area contributed by atoms with E-state index in [1.807, 2.05) is 36.4 Å². The van der Waals surface area contributed by atoms with Crippen molar-refractivity contribution in [2.24, 2.45) is 0 Å². The van der Waals surface area contributed by atoms with Gasteiger partial charge in [-0.15, -0.1) is 0 Å². The lowest BCUT2D eigenvalue weighted by atomic mass is 9.95. The summed E-state index contributed by atoms with van der Waals surface area (Å²) in [5, 5.41) is 2.25. The minimum atomic E-state index is 0.758. The Labute approximate surface area is 130 Å². The zero-order chi connectivity index (χ0) is 15.5. The number of ether oxygens (including phenoxy) is 3. The number of hydrogen-bond acceptors (Lipinski definition) is 3. The fourth-order valence-corrected chi connectivity index (χ4v) is 2.78. The van der Waals surface area contributed by atoms with Gasteiger partial charge in [0.05, 0.1) is 26.9 Å². The van der Waals surface area contributed by atoms with E-state index in [0.29, 0.717) is 0 Å². The molecule has 0 heterocycles. The summed E-state index contributed by atoms with van der Waals surface area (Å²) in [6.45, 7) is 0. The third kappa shape index (κ3) is 2.25. The lowest BCUT2D eigenvalue weighted by Gasteiger charge is -2.17. The van der Waals surface area contributed by atoms with Gasteiger partial charge < -0.3 is 14.2 Å². The lowest BCUT2D eigenvalue weighted by Crippen LogP contribution is -1.96. The average molecular weight is 294 g/mol. The van der Waals surface area contributed by atoms with Gasteiger partial charge >= 0.3 is 0 Å². The fourth-order valence-electron chi connectivity index (χ4n) is 2.78. The van der Waals surface area contributed by atoms with Crippen molar-refractivity contribution in [3.8, 4) is 28.4 Å². The maximum absolute atomic E-state index is 5.60. The molecule has 3 heteroatoms. The van der Waals surface area contributed by atoms with Crippen LogP contribution in [0.2, 0.25) is 0 Å². The average Bonchev–Trinajstić information content (AvgIpc) is 2.59. The fraction of sp³-hybridized carbons (Fsp3) is 0.158. The molecule has 3 aromatic carbocycles. The molecule has 3 rings (SSSR count). The third-order valence-corrected chi connectivity index (χ3v) is 3.79. The molecule has 0 spiro atoms. The van der Waals surface area contributed by atoms with Crippen molar-refractivity contribution in [3.63, 3.8) is 0 Å². The van der Waals surface area contributed by atoms with Crippen molar-refractivity contribution in [1.82, 2.24) is 0 Å². The van der Waals surface area contributed by atoms with Gasteiger partial charge in [-0.2, -0.15) is 0 Å². The summed E-state index contributed by atoms with van der Waals surface area (Å²) in [6, 6.07) is 18.0. The van der Waals surface area contributed by atoms with Gasteiger partial charge in [0.15, 0.2) is 0 Å². The highest BCUT2D eigenvalue weighted by Gasteiger charge is 2.19. The molecular formula is C19H18O3. The Hall–Kier alpha value is -2.68. The molecule has 0 fully saturated rings. The smallest absolute Gasteiger partial charge is 0.130 e. The van der Waals surface area contributed by atoms with E-state index in [0.717, 1.165) is 39.1 Å². The molecule has 3 aromatic rings. The molecule has 112 valence electrons. The molecule has 0 bridgehead atoms. The van der Waals surface area contributed by atoms with Crippen molar-refractivity contribution >= 4 is 10.8 Å². The zero-order valence-electron chi connectivity index (χ0n) is 12.9. The van der Waals surface area contributed by atoms with Crippen molar-refractivity contribution in [1.29, 1.82) is 0 Å². The van der Waals surface area contributed by atoms with Gasteiger partial charge in [0.1, 0.15) is 17.2 Å². The van der Waals surface area contributed by atoms with Crippen LogP contribution < -0.4 is 14.2 Å². The molecule has 0 aliphatic rings. The first kappa shape index (κ1) is 14.3. The first-order chi connectivity index (χ1) is 10.8. The second-order valence-electron chi connectivity index (χ2n) is 4.90. The molecule has 3 nitrogen and oxygen atoms in total. The molecule has 0 atom stereocenters. The quantitative estimate of drug-likeness (QED) is 0.707. The number of hydrogen-bond donors (Lipinski definition) is 0. The molecule has 0 saturated carbocycles. The number of fused-ring (bicyclic) bond motifs is 1. The summed E-state index contributed by atoms with van der Waals surface area (Å²) >= 11 is 0. The summed E-state index contributed by atoms with van der Waals surface area (Å²) in [7, 11) is 5.00. The maximum Gasteiger partial charge on any atom is 0.130 e. The van der Waals surface area contributed by atoms with E-state index in [1.165, 1.54) is 0 Å². The molecule has 0 aliphatic carbocycles. The second-order valence-corrected chi connectivity index (χ2v) is 4.90. The Bertz CT molecular complexity index is 787. The first-order valence-corrected chi connectivity index (χ1v) is 7.07. The van der Waals surface area contributed by atoms with Crippen molar-refractivity contribution in [2.75, 3.05) is 21.3 Å². The van der Waals surface area contributed by atoms with Gasteiger partial charge in [-0.3, -0.25) is 0 Å². The maximum atomic E-state index is 5.60. The van der Waals surface area contributed by atoms with E-state index < -0.39 is 0 Å². The number of methoxy groups -OCH3 is 3. The largest absolute Gasteiger partial charge is 0.496 e. The van der Waals surface area contributed by atoms with Gasteiger partial charge in [0.2, 0.25) is 0 Å². The van der Waals surface area contributed by atoms with E-state index in [2.05, 4.69) is 18.2 Å². The Morgan fingerprint density at radius 3 is 1.77 bits per heavy atom. The summed E-state index contributed by atoms with van der Waals surface area (Å²) in [4.78, 5) is 0. The highest BCUT2D eigenvalue weighted by Crippen LogP contribution is 2.46. The Morgan fingerprint density at radius 2 is 1.14 bits per heavy atom. The normalized spacial score (nSPS) is 10.5. The van der Waals surface area contributed by atoms with Crippen LogP contribution in [0.5, 0.6) is 17.2 Å². The van der Waals surface area contributed by atoms with Gasteiger partial charge in [-0.05, 0) is 29.0 Å². The number of rotatable bonds is 4. The molecule has 0 aromatic heterocycles. The minimum Gasteiger partial charge on any atom is -0.496 e. The number of benzene rings is 3. The van der Waals surface area contributed by atoms with Crippen molar-refractivity contribution in [2.45, 2.75) is 0 Å². The standard InChI is InChI=1S/C19H18O3/c1-20-15-9-6-10-16(21-2)19(15)18-14-8-5-4-7-13(14)11-12-17(18)22-3/h4-12H,1-3H3. The van der Waals surface area contributed by atoms with Crippen LogP contribution in [-0.4, -0.2) is 21.3 Å². The van der Waals surface area contributed by atoms with Crippen LogP contribution in [0, 0.1) is 0 Å². The van der Waals surface area contributed by atoms with E-state index in [4.69, 9.17) is 14.2 Å². The van der Waals surface area contributed by atoms with Crippen LogP contribution in [0.3, 0.4) is 0 Å². The first-order valence-electron chi connectivity index (χ1n) is 7.07. The highest BCUT2D eigenvalue weighted by atomic mass is 16.5. The van der Waals surface area contributed by atoms with E-state index in [1.54, 1.807) is 21.3 Å². The summed E-state index contributed by atoms with van der Waals surface area (Å²) in [5.74, 6) is 2.31. The van der Waals surface area contributed by atoms with E-state index >= 15 is 0 Å². The van der Waals surface area contributed by atoms with Crippen molar-refractivity contribution in [3.05, 3.63) is 54.6 Å². The molecule has 0 aliphatic heterocycles. The summed E-state index contributed by atoms with van der Waals surface area (Å²) < 4.78 is 16.7. The Balaban J connectivity index is 2.44. The van der Waals surface area contributed by atoms with Crippen LogP contribution in [0.15, 0.2) is 54.6 Å².